The Balaban J connectivity index is 1.44. The van der Waals surface area contributed by atoms with Crippen LogP contribution in [0.15, 0.2) is 48.5 Å². The number of ether oxygens (including phenoxy) is 3. The summed E-state index contributed by atoms with van der Waals surface area (Å²) in [6.07, 6.45) is -0.283. The zero-order chi connectivity index (χ0) is 17.6. The highest BCUT2D eigenvalue weighted by Gasteiger charge is 2.21. The fourth-order valence-electron chi connectivity index (χ4n) is 2.31. The van der Waals surface area contributed by atoms with E-state index < -0.39 is 5.97 Å². The number of hydrogen-bond acceptors (Lipinski definition) is 5. The van der Waals surface area contributed by atoms with Crippen molar-refractivity contribution in [1.82, 2.24) is 5.32 Å². The van der Waals surface area contributed by atoms with E-state index in [1.165, 1.54) is 12.1 Å². The van der Waals surface area contributed by atoms with E-state index in [4.69, 9.17) is 19.3 Å². The molecular weight excluding hydrogens is 326 g/mol. The molecule has 0 bridgehead atoms. The summed E-state index contributed by atoms with van der Waals surface area (Å²) in [6.45, 7) is 0.414. The van der Waals surface area contributed by atoms with Crippen molar-refractivity contribution in [3.8, 4) is 17.2 Å². The van der Waals surface area contributed by atoms with Gasteiger partial charge in [0, 0.05) is 0 Å². The minimum absolute atomic E-state index is 0.101. The molecule has 1 aliphatic rings. The maximum absolute atomic E-state index is 11.9. The summed E-state index contributed by atoms with van der Waals surface area (Å²) in [5, 5.41) is 11.6. The number of nitrogens with one attached hydrogen (secondary N) is 1. The molecule has 0 aromatic heterocycles. The summed E-state index contributed by atoms with van der Waals surface area (Å²) < 4.78 is 16.6. The highest BCUT2D eigenvalue weighted by molar-refractivity contribution is 5.88. The largest absolute Gasteiger partial charge is 0.486 e. The third kappa shape index (κ3) is 4.41. The van der Waals surface area contributed by atoms with Gasteiger partial charge in [0.25, 0.3) is 5.91 Å². The molecule has 0 spiro atoms. The molecule has 0 fully saturated rings. The number of para-hydroxylation sites is 2. The van der Waals surface area contributed by atoms with E-state index >= 15 is 0 Å². The molecule has 25 heavy (non-hydrogen) atoms. The van der Waals surface area contributed by atoms with Crippen molar-refractivity contribution in [1.29, 1.82) is 0 Å². The maximum atomic E-state index is 11.9. The Hall–Kier alpha value is -3.22. The van der Waals surface area contributed by atoms with E-state index in [-0.39, 0.29) is 30.7 Å². The minimum Gasteiger partial charge on any atom is -0.486 e. The molecule has 0 aliphatic carbocycles. The summed E-state index contributed by atoms with van der Waals surface area (Å²) in [7, 11) is 0. The van der Waals surface area contributed by atoms with Crippen LogP contribution in [0.5, 0.6) is 17.2 Å². The van der Waals surface area contributed by atoms with Gasteiger partial charge >= 0.3 is 5.97 Å². The van der Waals surface area contributed by atoms with Crippen molar-refractivity contribution in [3.05, 3.63) is 54.1 Å². The predicted octanol–water partition coefficient (Wildman–Crippen LogP) is 1.72. The van der Waals surface area contributed by atoms with Crippen LogP contribution in [0.25, 0.3) is 0 Å². The van der Waals surface area contributed by atoms with Crippen molar-refractivity contribution in [3.63, 3.8) is 0 Å². The summed E-state index contributed by atoms with van der Waals surface area (Å²) in [6, 6.07) is 13.3. The van der Waals surface area contributed by atoms with E-state index in [0.29, 0.717) is 23.9 Å². The number of carboxylic acids is 1. The molecule has 2 aromatic carbocycles. The molecule has 130 valence electrons. The van der Waals surface area contributed by atoms with Crippen LogP contribution in [0, 0.1) is 0 Å². The topological polar surface area (TPSA) is 94.1 Å². The summed E-state index contributed by atoms with van der Waals surface area (Å²) in [5.41, 5.74) is 0.101. The molecule has 0 radical (unpaired) electrons. The molecule has 7 nitrogen and oxygen atoms in total. The lowest BCUT2D eigenvalue weighted by atomic mass is 10.2. The third-order valence-electron chi connectivity index (χ3n) is 3.55. The number of aromatic carboxylic acids is 1. The Kier molecular flexibility index (Phi) is 5.03. The second-order valence-corrected chi connectivity index (χ2v) is 5.42. The van der Waals surface area contributed by atoms with E-state index in [9.17, 15) is 9.59 Å². The van der Waals surface area contributed by atoms with E-state index in [1.807, 2.05) is 24.3 Å². The highest BCUT2D eigenvalue weighted by atomic mass is 16.6. The van der Waals surface area contributed by atoms with Crippen molar-refractivity contribution in [2.75, 3.05) is 19.8 Å². The average molecular weight is 343 g/mol. The average Bonchev–Trinajstić information content (AvgIpc) is 2.64. The lowest BCUT2D eigenvalue weighted by Gasteiger charge is -2.26. The Morgan fingerprint density at radius 2 is 1.96 bits per heavy atom. The van der Waals surface area contributed by atoms with Gasteiger partial charge in [-0.05, 0) is 30.3 Å². The van der Waals surface area contributed by atoms with Crippen molar-refractivity contribution in [2.45, 2.75) is 6.10 Å². The summed E-state index contributed by atoms with van der Waals surface area (Å²) >= 11 is 0. The van der Waals surface area contributed by atoms with Crippen LogP contribution in [-0.2, 0) is 4.79 Å². The molecule has 1 aliphatic heterocycles. The first-order valence-electron chi connectivity index (χ1n) is 7.73. The third-order valence-corrected chi connectivity index (χ3v) is 3.55. The molecule has 2 N–H and O–H groups in total. The standard InChI is InChI=1S/C18H17NO6/c20-17(11-23-13-5-3-4-12(8-13)18(21)22)19-9-14-10-24-15-6-1-2-7-16(15)25-14/h1-8,14H,9-11H2,(H,19,20)(H,21,22). The molecule has 2 aromatic rings. The normalized spacial score (nSPS) is 15.3. The molecule has 7 heteroatoms. The highest BCUT2D eigenvalue weighted by Crippen LogP contribution is 2.30. The smallest absolute Gasteiger partial charge is 0.335 e. The number of carbonyl (C=O) groups is 2. The van der Waals surface area contributed by atoms with Crippen LogP contribution in [0.3, 0.4) is 0 Å². The van der Waals surface area contributed by atoms with Crippen LogP contribution in [0.2, 0.25) is 0 Å². The van der Waals surface area contributed by atoms with Gasteiger partial charge in [0.2, 0.25) is 0 Å². The van der Waals surface area contributed by atoms with Crippen LogP contribution in [0.4, 0.5) is 0 Å². The SMILES string of the molecule is O=C(COc1cccc(C(=O)O)c1)NCC1COc2ccccc2O1. The van der Waals surface area contributed by atoms with Gasteiger partial charge < -0.3 is 24.6 Å². The first kappa shape index (κ1) is 16.6. The Morgan fingerprint density at radius 1 is 1.16 bits per heavy atom. The first-order chi connectivity index (χ1) is 12.1. The van der Waals surface area contributed by atoms with Crippen molar-refractivity contribution < 1.29 is 28.9 Å². The minimum atomic E-state index is -1.05. The van der Waals surface area contributed by atoms with E-state index in [0.717, 1.165) is 0 Å². The van der Waals surface area contributed by atoms with Crippen LogP contribution in [0.1, 0.15) is 10.4 Å². The molecule has 0 saturated carbocycles. The van der Waals surface area contributed by atoms with Gasteiger partial charge in [-0.3, -0.25) is 4.79 Å². The number of carboxylic acid groups (broad SMARTS) is 1. The van der Waals surface area contributed by atoms with Crippen LogP contribution < -0.4 is 19.5 Å². The number of benzene rings is 2. The Morgan fingerprint density at radius 3 is 2.76 bits per heavy atom. The fourth-order valence-corrected chi connectivity index (χ4v) is 2.31. The Labute approximate surface area is 144 Å². The molecule has 1 amide bonds. The molecule has 1 atom stereocenters. The van der Waals surface area contributed by atoms with Gasteiger partial charge in [0.15, 0.2) is 18.1 Å². The van der Waals surface area contributed by atoms with Crippen molar-refractivity contribution in [2.24, 2.45) is 0 Å². The molecule has 3 rings (SSSR count). The first-order valence-corrected chi connectivity index (χ1v) is 7.73. The second-order valence-electron chi connectivity index (χ2n) is 5.42. The summed E-state index contributed by atoms with van der Waals surface area (Å²) in [5.74, 6) is 0.274. The van der Waals surface area contributed by atoms with E-state index in [2.05, 4.69) is 5.32 Å². The number of carbonyl (C=O) groups excluding carboxylic acids is 1. The number of fused-ring (bicyclic) bond motifs is 1. The molecular formula is C18H17NO6. The van der Waals surface area contributed by atoms with Crippen molar-refractivity contribution >= 4 is 11.9 Å². The zero-order valence-corrected chi connectivity index (χ0v) is 13.3. The monoisotopic (exact) mass is 343 g/mol. The number of hydrogen-bond donors (Lipinski definition) is 2. The lowest BCUT2D eigenvalue weighted by Crippen LogP contribution is -2.42. The molecule has 1 heterocycles. The van der Waals surface area contributed by atoms with Crippen LogP contribution in [-0.4, -0.2) is 42.8 Å². The zero-order valence-electron chi connectivity index (χ0n) is 13.3. The van der Waals surface area contributed by atoms with Crippen LogP contribution >= 0.6 is 0 Å². The quantitative estimate of drug-likeness (QED) is 0.829. The maximum Gasteiger partial charge on any atom is 0.335 e. The molecule has 0 saturated heterocycles. The number of amides is 1. The van der Waals surface area contributed by atoms with Gasteiger partial charge in [0.05, 0.1) is 12.1 Å². The van der Waals surface area contributed by atoms with Gasteiger partial charge in [-0.25, -0.2) is 4.79 Å². The van der Waals surface area contributed by atoms with Gasteiger partial charge in [-0.2, -0.15) is 0 Å². The summed E-state index contributed by atoms with van der Waals surface area (Å²) in [4.78, 5) is 22.8. The van der Waals surface area contributed by atoms with Gasteiger partial charge in [0.1, 0.15) is 18.5 Å². The van der Waals surface area contributed by atoms with E-state index in [1.54, 1.807) is 12.1 Å². The van der Waals surface area contributed by atoms with Gasteiger partial charge in [-0.1, -0.05) is 18.2 Å². The number of rotatable bonds is 6. The Bertz CT molecular complexity index is 776. The predicted molar refractivity (Wildman–Crippen MR) is 88.3 cm³/mol. The fraction of sp³-hybridized carbons (Fsp3) is 0.222. The second kappa shape index (κ2) is 7.57. The van der Waals surface area contributed by atoms with Gasteiger partial charge in [-0.15, -0.1) is 0 Å². The lowest BCUT2D eigenvalue weighted by molar-refractivity contribution is -0.123. The molecule has 1 unspecified atom stereocenters.